The van der Waals surface area contributed by atoms with Gasteiger partial charge >= 0.3 is 0 Å². The van der Waals surface area contributed by atoms with Crippen LogP contribution in [-0.2, 0) is 4.74 Å². The number of hydrogen-bond donors (Lipinski definition) is 1. The first kappa shape index (κ1) is 14.2. The first-order valence-corrected chi connectivity index (χ1v) is 7.09. The molecule has 0 aliphatic carbocycles. The van der Waals surface area contributed by atoms with Gasteiger partial charge < -0.3 is 14.8 Å². The highest BCUT2D eigenvalue weighted by Gasteiger charge is 2.17. The van der Waals surface area contributed by atoms with Gasteiger partial charge in [0.1, 0.15) is 12.4 Å². The van der Waals surface area contributed by atoms with E-state index in [9.17, 15) is 0 Å². The van der Waals surface area contributed by atoms with Crippen LogP contribution in [0.2, 0.25) is 5.02 Å². The highest BCUT2D eigenvalue weighted by Crippen LogP contribution is 2.19. The van der Waals surface area contributed by atoms with Gasteiger partial charge in [-0.3, -0.25) is 0 Å². The lowest BCUT2D eigenvalue weighted by molar-refractivity contribution is 0.209. The van der Waals surface area contributed by atoms with Crippen LogP contribution < -0.4 is 10.1 Å². The Morgan fingerprint density at radius 2 is 2.16 bits per heavy atom. The largest absolute Gasteiger partial charge is 0.501 e. The fourth-order valence-corrected chi connectivity index (χ4v) is 2.22. The van der Waals surface area contributed by atoms with E-state index in [2.05, 4.69) is 12.2 Å². The summed E-state index contributed by atoms with van der Waals surface area (Å²) in [5, 5.41) is 4.16. The average molecular weight is 282 g/mol. The summed E-state index contributed by atoms with van der Waals surface area (Å²) in [6, 6.07) is 7.65. The van der Waals surface area contributed by atoms with E-state index in [1.54, 1.807) is 0 Å². The van der Waals surface area contributed by atoms with Crippen LogP contribution in [0.1, 0.15) is 19.8 Å². The molecule has 0 fully saturated rings. The highest BCUT2D eigenvalue weighted by molar-refractivity contribution is 6.30. The van der Waals surface area contributed by atoms with Crippen LogP contribution in [0.4, 0.5) is 0 Å². The Morgan fingerprint density at radius 3 is 2.79 bits per heavy atom. The molecule has 1 heterocycles. The van der Waals surface area contributed by atoms with E-state index in [4.69, 9.17) is 21.1 Å². The Kier molecular flexibility index (Phi) is 5.55. The van der Waals surface area contributed by atoms with Crippen LogP contribution in [-0.4, -0.2) is 25.8 Å². The van der Waals surface area contributed by atoms with Crippen molar-refractivity contribution in [2.45, 2.75) is 25.8 Å². The fourth-order valence-electron chi connectivity index (χ4n) is 2.09. The van der Waals surface area contributed by atoms with Crippen molar-refractivity contribution in [3.63, 3.8) is 0 Å². The summed E-state index contributed by atoms with van der Waals surface area (Å²) in [7, 11) is 0. The second-order valence-corrected chi connectivity index (χ2v) is 4.98. The van der Waals surface area contributed by atoms with Crippen LogP contribution in [0.5, 0.6) is 5.75 Å². The molecule has 0 saturated carbocycles. The summed E-state index contributed by atoms with van der Waals surface area (Å²) >= 11 is 5.85. The number of nitrogens with one attached hydrogen (secondary N) is 1. The summed E-state index contributed by atoms with van der Waals surface area (Å²) in [4.78, 5) is 0. The maximum absolute atomic E-state index is 5.85. The van der Waals surface area contributed by atoms with E-state index in [1.807, 2.05) is 30.5 Å². The molecule has 1 aromatic carbocycles. The van der Waals surface area contributed by atoms with Crippen LogP contribution >= 0.6 is 11.6 Å². The van der Waals surface area contributed by atoms with E-state index >= 15 is 0 Å². The molecule has 1 aromatic rings. The SMILES string of the molecule is CCNC(COc1ccc(Cl)cc1)C1=COCCC1. The second kappa shape index (κ2) is 7.41. The minimum Gasteiger partial charge on any atom is -0.501 e. The van der Waals surface area contributed by atoms with Gasteiger partial charge in [0, 0.05) is 5.02 Å². The fraction of sp³-hybridized carbons (Fsp3) is 0.467. The predicted octanol–water partition coefficient (Wildman–Crippen LogP) is 3.39. The Hall–Kier alpha value is -1.19. The maximum atomic E-state index is 5.85. The van der Waals surface area contributed by atoms with Gasteiger partial charge in [-0.15, -0.1) is 0 Å². The molecule has 104 valence electrons. The minimum absolute atomic E-state index is 0.209. The molecule has 0 saturated heterocycles. The van der Waals surface area contributed by atoms with Crippen molar-refractivity contribution in [2.24, 2.45) is 0 Å². The summed E-state index contributed by atoms with van der Waals surface area (Å²) in [6.07, 6.45) is 4.03. The van der Waals surface area contributed by atoms with E-state index in [0.29, 0.717) is 6.61 Å². The molecular formula is C15H20ClNO2. The molecule has 3 nitrogen and oxygen atoms in total. The first-order chi connectivity index (χ1) is 9.29. The Balaban J connectivity index is 1.92. The quantitative estimate of drug-likeness (QED) is 0.867. The van der Waals surface area contributed by atoms with Crippen molar-refractivity contribution < 1.29 is 9.47 Å². The lowest BCUT2D eigenvalue weighted by Crippen LogP contribution is -2.37. The number of benzene rings is 1. The normalized spacial score (nSPS) is 16.4. The Labute approximate surface area is 119 Å². The smallest absolute Gasteiger partial charge is 0.119 e. The topological polar surface area (TPSA) is 30.5 Å². The van der Waals surface area contributed by atoms with Crippen LogP contribution in [0.3, 0.4) is 0 Å². The third-order valence-corrected chi connectivity index (χ3v) is 3.34. The second-order valence-electron chi connectivity index (χ2n) is 4.54. The van der Waals surface area contributed by atoms with Gasteiger partial charge in [-0.2, -0.15) is 0 Å². The Morgan fingerprint density at radius 1 is 1.37 bits per heavy atom. The molecule has 0 bridgehead atoms. The van der Waals surface area contributed by atoms with Crippen molar-refractivity contribution in [1.29, 1.82) is 0 Å². The molecule has 1 unspecified atom stereocenters. The lowest BCUT2D eigenvalue weighted by atomic mass is 10.0. The van der Waals surface area contributed by atoms with Crippen molar-refractivity contribution in [1.82, 2.24) is 5.32 Å². The number of ether oxygens (including phenoxy) is 2. The summed E-state index contributed by atoms with van der Waals surface area (Å²) in [5.41, 5.74) is 1.28. The third kappa shape index (κ3) is 4.44. The zero-order valence-electron chi connectivity index (χ0n) is 11.2. The monoisotopic (exact) mass is 281 g/mol. The van der Waals surface area contributed by atoms with Crippen LogP contribution in [0.25, 0.3) is 0 Å². The summed E-state index contributed by atoms with van der Waals surface area (Å²) in [6.45, 7) is 4.43. The molecule has 4 heteroatoms. The number of rotatable bonds is 6. The molecule has 2 rings (SSSR count). The standard InChI is InChI=1S/C15H20ClNO2/c1-2-17-15(12-4-3-9-18-10-12)11-19-14-7-5-13(16)6-8-14/h5-8,10,15,17H,2-4,9,11H2,1H3. The van der Waals surface area contributed by atoms with Crippen molar-refractivity contribution in [2.75, 3.05) is 19.8 Å². The van der Waals surface area contributed by atoms with Gasteiger partial charge in [-0.25, -0.2) is 0 Å². The van der Waals surface area contributed by atoms with Crippen LogP contribution in [0, 0.1) is 0 Å². The summed E-state index contributed by atoms with van der Waals surface area (Å²) < 4.78 is 11.2. The maximum Gasteiger partial charge on any atom is 0.119 e. The van der Waals surface area contributed by atoms with Gasteiger partial charge in [0.2, 0.25) is 0 Å². The van der Waals surface area contributed by atoms with Gasteiger partial charge in [-0.05, 0) is 49.2 Å². The molecule has 1 aliphatic heterocycles. The zero-order valence-corrected chi connectivity index (χ0v) is 12.0. The first-order valence-electron chi connectivity index (χ1n) is 6.72. The van der Waals surface area contributed by atoms with E-state index in [0.717, 1.165) is 36.8 Å². The molecular weight excluding hydrogens is 262 g/mol. The van der Waals surface area contributed by atoms with Crippen molar-refractivity contribution in [3.05, 3.63) is 41.1 Å². The van der Waals surface area contributed by atoms with Gasteiger partial charge in [-0.1, -0.05) is 18.5 Å². The van der Waals surface area contributed by atoms with E-state index < -0.39 is 0 Å². The van der Waals surface area contributed by atoms with E-state index in [1.165, 1.54) is 5.57 Å². The van der Waals surface area contributed by atoms with Crippen molar-refractivity contribution >= 4 is 11.6 Å². The van der Waals surface area contributed by atoms with Crippen LogP contribution in [0.15, 0.2) is 36.1 Å². The van der Waals surface area contributed by atoms with Crippen molar-refractivity contribution in [3.8, 4) is 5.75 Å². The summed E-state index contributed by atoms with van der Waals surface area (Å²) in [5.74, 6) is 0.838. The minimum atomic E-state index is 0.209. The van der Waals surface area contributed by atoms with Gasteiger partial charge in [0.15, 0.2) is 0 Å². The average Bonchev–Trinajstić information content (AvgIpc) is 2.46. The van der Waals surface area contributed by atoms with Gasteiger partial charge in [0.05, 0.1) is 18.9 Å². The molecule has 1 atom stereocenters. The molecule has 19 heavy (non-hydrogen) atoms. The molecule has 0 spiro atoms. The molecule has 0 aromatic heterocycles. The molecule has 0 radical (unpaired) electrons. The zero-order chi connectivity index (χ0) is 13.5. The Bertz CT molecular complexity index is 417. The van der Waals surface area contributed by atoms with E-state index in [-0.39, 0.29) is 6.04 Å². The highest BCUT2D eigenvalue weighted by atomic mass is 35.5. The molecule has 0 amide bonds. The number of hydrogen-bond acceptors (Lipinski definition) is 3. The molecule has 1 N–H and O–H groups in total. The third-order valence-electron chi connectivity index (χ3n) is 3.09. The van der Waals surface area contributed by atoms with Gasteiger partial charge in [0.25, 0.3) is 0 Å². The lowest BCUT2D eigenvalue weighted by Gasteiger charge is -2.24. The molecule has 1 aliphatic rings. The predicted molar refractivity (Wildman–Crippen MR) is 77.7 cm³/mol. The number of halogens is 1. The number of likely N-dealkylation sites (N-methyl/N-ethyl adjacent to an activating group) is 1.